The van der Waals surface area contributed by atoms with E-state index >= 15 is 0 Å². The molecule has 0 atom stereocenters. The maximum atomic E-state index is 12.2. The van der Waals surface area contributed by atoms with Crippen LogP contribution in [0.1, 0.15) is 24.2 Å². The van der Waals surface area contributed by atoms with Gasteiger partial charge in [0.05, 0.1) is 5.60 Å². The van der Waals surface area contributed by atoms with E-state index in [9.17, 15) is 14.7 Å². The number of rotatable bonds is 3. The molecule has 0 radical (unpaired) electrons. The topological polar surface area (TPSA) is 74.9 Å². The minimum absolute atomic E-state index is 0.00245. The zero-order valence-corrected chi connectivity index (χ0v) is 11.8. The molecule has 0 aliphatic carbocycles. The first-order valence-corrected chi connectivity index (χ1v) is 6.60. The Kier molecular flexibility index (Phi) is 3.42. The lowest BCUT2D eigenvalue weighted by molar-refractivity contribution is 0.0366. The van der Waals surface area contributed by atoms with Crippen LogP contribution in [-0.2, 0) is 0 Å². The van der Waals surface area contributed by atoms with Crippen molar-refractivity contribution < 1.29 is 9.90 Å². The Bertz CT molecular complexity index is 669. The predicted octanol–water partition coefficient (Wildman–Crippen LogP) is 0.599. The number of fused-ring (bicyclic) bond motifs is 1. The number of nitrogens with zero attached hydrogens (tertiary/aromatic N) is 3. The Morgan fingerprint density at radius 3 is 2.89 bits per heavy atom. The zero-order chi connectivity index (χ0) is 14.2. The van der Waals surface area contributed by atoms with Gasteiger partial charge in [-0.3, -0.25) is 14.0 Å². The third-order valence-corrected chi connectivity index (χ3v) is 3.31. The molecule has 0 aliphatic rings. The number of likely N-dealkylation sites (N-methyl/N-ethyl adjacent to an activating group) is 1. The molecule has 0 unspecified atom stereocenters. The van der Waals surface area contributed by atoms with Gasteiger partial charge in [0.15, 0.2) is 4.96 Å². The lowest BCUT2D eigenvalue weighted by Gasteiger charge is -2.25. The second-order valence-corrected chi connectivity index (χ2v) is 5.88. The Balaban J connectivity index is 2.36. The fraction of sp³-hybridized carbons (Fsp3) is 0.417. The molecule has 0 spiro atoms. The highest BCUT2D eigenvalue weighted by molar-refractivity contribution is 7.15. The van der Waals surface area contributed by atoms with Crippen LogP contribution < -0.4 is 5.56 Å². The second kappa shape index (κ2) is 4.75. The minimum atomic E-state index is -1.01. The Morgan fingerprint density at radius 1 is 1.58 bits per heavy atom. The van der Waals surface area contributed by atoms with E-state index < -0.39 is 11.5 Å². The number of carbonyl (C=O) groups is 1. The molecule has 0 saturated carbocycles. The van der Waals surface area contributed by atoms with Crippen LogP contribution in [0.15, 0.2) is 22.6 Å². The Morgan fingerprint density at radius 2 is 2.26 bits per heavy atom. The van der Waals surface area contributed by atoms with Crippen LogP contribution in [-0.4, -0.2) is 44.5 Å². The molecule has 2 heterocycles. The zero-order valence-electron chi connectivity index (χ0n) is 11.0. The summed E-state index contributed by atoms with van der Waals surface area (Å²) in [5, 5.41) is 11.4. The first kappa shape index (κ1) is 13.7. The van der Waals surface area contributed by atoms with Gasteiger partial charge in [-0.05, 0) is 13.8 Å². The van der Waals surface area contributed by atoms with Crippen molar-refractivity contribution in [3.8, 4) is 0 Å². The van der Waals surface area contributed by atoms with Crippen molar-refractivity contribution in [2.45, 2.75) is 19.4 Å². The summed E-state index contributed by atoms with van der Waals surface area (Å²) in [4.78, 5) is 30.2. The van der Waals surface area contributed by atoms with Crippen LogP contribution in [0, 0.1) is 0 Å². The van der Waals surface area contributed by atoms with Crippen molar-refractivity contribution in [1.82, 2.24) is 14.3 Å². The van der Waals surface area contributed by atoms with Crippen molar-refractivity contribution in [2.75, 3.05) is 13.6 Å². The third kappa shape index (κ3) is 2.82. The van der Waals surface area contributed by atoms with Crippen molar-refractivity contribution in [1.29, 1.82) is 0 Å². The fourth-order valence-electron chi connectivity index (χ4n) is 1.83. The summed E-state index contributed by atoms with van der Waals surface area (Å²) >= 11 is 1.33. The highest BCUT2D eigenvalue weighted by Gasteiger charge is 2.23. The fourth-order valence-corrected chi connectivity index (χ4v) is 2.50. The van der Waals surface area contributed by atoms with E-state index in [0.717, 1.165) is 0 Å². The molecule has 2 rings (SSSR count). The van der Waals surface area contributed by atoms with Gasteiger partial charge in [-0.2, -0.15) is 0 Å². The van der Waals surface area contributed by atoms with Gasteiger partial charge in [0.25, 0.3) is 11.5 Å². The number of carbonyl (C=O) groups excluding carboxylic acids is 1. The number of hydrogen-bond acceptors (Lipinski definition) is 5. The van der Waals surface area contributed by atoms with Gasteiger partial charge in [0.1, 0.15) is 5.56 Å². The largest absolute Gasteiger partial charge is 0.389 e. The van der Waals surface area contributed by atoms with Gasteiger partial charge < -0.3 is 10.0 Å². The molecule has 2 aromatic rings. The van der Waals surface area contributed by atoms with E-state index in [4.69, 9.17) is 0 Å². The van der Waals surface area contributed by atoms with Crippen molar-refractivity contribution in [2.24, 2.45) is 0 Å². The smallest absolute Gasteiger partial charge is 0.271 e. The van der Waals surface area contributed by atoms with Crippen LogP contribution in [0.2, 0.25) is 0 Å². The highest BCUT2D eigenvalue weighted by atomic mass is 32.1. The lowest BCUT2D eigenvalue weighted by Crippen LogP contribution is -2.41. The average molecular weight is 281 g/mol. The van der Waals surface area contributed by atoms with Crippen LogP contribution in [0.5, 0.6) is 0 Å². The highest BCUT2D eigenvalue weighted by Crippen LogP contribution is 2.09. The first-order chi connectivity index (χ1) is 8.79. The van der Waals surface area contributed by atoms with Gasteiger partial charge in [-0.15, -0.1) is 11.3 Å². The van der Waals surface area contributed by atoms with E-state index in [1.165, 1.54) is 26.8 Å². The lowest BCUT2D eigenvalue weighted by atomic mass is 10.1. The molecule has 6 nitrogen and oxygen atoms in total. The van der Waals surface area contributed by atoms with Crippen LogP contribution >= 0.6 is 11.3 Å². The average Bonchev–Trinajstić information content (AvgIpc) is 2.75. The molecule has 0 fully saturated rings. The molecule has 0 aliphatic heterocycles. The third-order valence-electron chi connectivity index (χ3n) is 2.54. The monoisotopic (exact) mass is 281 g/mol. The SMILES string of the molecule is CN(CC(C)(C)O)C(=O)c1cnc2sccn2c1=O. The first-order valence-electron chi connectivity index (χ1n) is 5.72. The maximum absolute atomic E-state index is 12.2. The van der Waals surface area contributed by atoms with Gasteiger partial charge in [-0.1, -0.05) is 0 Å². The van der Waals surface area contributed by atoms with Crippen molar-refractivity contribution in [3.63, 3.8) is 0 Å². The van der Waals surface area contributed by atoms with E-state index in [2.05, 4.69) is 4.98 Å². The molecule has 1 amide bonds. The molecule has 2 aromatic heterocycles. The van der Waals surface area contributed by atoms with E-state index in [-0.39, 0.29) is 17.7 Å². The molecule has 0 saturated heterocycles. The van der Waals surface area contributed by atoms with Crippen LogP contribution in [0.25, 0.3) is 4.96 Å². The van der Waals surface area contributed by atoms with E-state index in [1.807, 2.05) is 0 Å². The molecule has 7 heteroatoms. The van der Waals surface area contributed by atoms with Gasteiger partial charge >= 0.3 is 0 Å². The van der Waals surface area contributed by atoms with Gasteiger partial charge in [0.2, 0.25) is 0 Å². The number of aliphatic hydroxyl groups is 1. The predicted molar refractivity (Wildman–Crippen MR) is 72.6 cm³/mol. The maximum Gasteiger partial charge on any atom is 0.271 e. The minimum Gasteiger partial charge on any atom is -0.389 e. The number of hydrogen-bond donors (Lipinski definition) is 1. The Hall–Kier alpha value is -1.73. The molecule has 0 bridgehead atoms. The summed E-state index contributed by atoms with van der Waals surface area (Å²) in [6, 6.07) is 0. The molecular weight excluding hydrogens is 266 g/mol. The van der Waals surface area contributed by atoms with Crippen LogP contribution in [0.4, 0.5) is 0 Å². The number of amides is 1. The molecule has 19 heavy (non-hydrogen) atoms. The summed E-state index contributed by atoms with van der Waals surface area (Å²) in [5.74, 6) is -0.444. The molecular formula is C12H15N3O3S. The summed E-state index contributed by atoms with van der Waals surface area (Å²) in [5.41, 5.74) is -1.40. The Labute approximate surface area is 113 Å². The summed E-state index contributed by atoms with van der Waals surface area (Å²) in [7, 11) is 1.54. The normalized spacial score (nSPS) is 11.8. The second-order valence-electron chi connectivity index (χ2n) is 5.01. The van der Waals surface area contributed by atoms with Crippen molar-refractivity contribution in [3.05, 3.63) is 33.7 Å². The van der Waals surface area contributed by atoms with Crippen molar-refractivity contribution >= 4 is 22.2 Å². The van der Waals surface area contributed by atoms with Gasteiger partial charge in [0, 0.05) is 31.4 Å². The summed E-state index contributed by atoms with van der Waals surface area (Å²) < 4.78 is 1.34. The number of thiazole rings is 1. The number of aromatic nitrogens is 2. The summed E-state index contributed by atoms with van der Waals surface area (Å²) in [6.07, 6.45) is 2.87. The molecule has 102 valence electrons. The quantitative estimate of drug-likeness (QED) is 0.894. The van der Waals surface area contributed by atoms with E-state index in [1.54, 1.807) is 32.5 Å². The summed E-state index contributed by atoms with van der Waals surface area (Å²) in [6.45, 7) is 3.34. The molecule has 0 aromatic carbocycles. The van der Waals surface area contributed by atoms with E-state index in [0.29, 0.717) is 4.96 Å². The molecule has 1 N–H and O–H groups in total. The van der Waals surface area contributed by atoms with Crippen LogP contribution in [0.3, 0.4) is 0 Å². The standard InChI is InChI=1S/C12H15N3O3S/c1-12(2,18)7-14(3)9(16)8-6-13-11-15(10(8)17)4-5-19-11/h4-6,18H,7H2,1-3H3. The van der Waals surface area contributed by atoms with Gasteiger partial charge in [-0.25, -0.2) is 4.98 Å².